The van der Waals surface area contributed by atoms with E-state index < -0.39 is 5.41 Å². The van der Waals surface area contributed by atoms with Crippen molar-refractivity contribution in [2.45, 2.75) is 24.3 Å². The lowest BCUT2D eigenvalue weighted by Crippen LogP contribution is -2.56. The standard InChI is InChI=1S/C25H29N3O3/c1-30-22-9-7-20(8-10-22)23(19-26)27-13-15-28(16-14-27)24(29)25(11-17-31-18-12-25)21-5-3-2-4-6-21/h2-10,23H,11-18H2,1H3. The summed E-state index contributed by atoms with van der Waals surface area (Å²) in [7, 11) is 1.63. The third-order valence-electron chi connectivity index (χ3n) is 6.60. The van der Waals surface area contributed by atoms with Crippen molar-refractivity contribution in [1.82, 2.24) is 9.80 Å². The molecular formula is C25H29N3O3. The smallest absolute Gasteiger partial charge is 0.233 e. The van der Waals surface area contributed by atoms with Crippen LogP contribution in [0.15, 0.2) is 54.6 Å². The molecule has 2 heterocycles. The van der Waals surface area contributed by atoms with Crippen LogP contribution in [0.1, 0.15) is 30.0 Å². The molecule has 0 radical (unpaired) electrons. The first-order chi connectivity index (χ1) is 15.2. The second-order valence-electron chi connectivity index (χ2n) is 8.19. The fourth-order valence-corrected chi connectivity index (χ4v) is 4.74. The van der Waals surface area contributed by atoms with E-state index in [0.29, 0.717) is 52.2 Å². The molecule has 2 aromatic carbocycles. The van der Waals surface area contributed by atoms with Crippen LogP contribution in [0.3, 0.4) is 0 Å². The second-order valence-corrected chi connectivity index (χ2v) is 8.19. The summed E-state index contributed by atoms with van der Waals surface area (Å²) in [6.07, 6.45) is 1.42. The molecule has 4 rings (SSSR count). The summed E-state index contributed by atoms with van der Waals surface area (Å²) in [6, 6.07) is 19.9. The lowest BCUT2D eigenvalue weighted by Gasteiger charge is -2.43. The fraction of sp³-hybridized carbons (Fsp3) is 0.440. The van der Waals surface area contributed by atoms with Crippen LogP contribution in [-0.4, -0.2) is 62.2 Å². The van der Waals surface area contributed by atoms with Crippen molar-refractivity contribution in [3.8, 4) is 11.8 Å². The topological polar surface area (TPSA) is 65.8 Å². The van der Waals surface area contributed by atoms with E-state index >= 15 is 0 Å². The van der Waals surface area contributed by atoms with Crippen LogP contribution in [0.25, 0.3) is 0 Å². The molecule has 1 atom stereocenters. The van der Waals surface area contributed by atoms with E-state index in [4.69, 9.17) is 9.47 Å². The minimum Gasteiger partial charge on any atom is -0.497 e. The Morgan fingerprint density at radius 1 is 1.03 bits per heavy atom. The van der Waals surface area contributed by atoms with Gasteiger partial charge in [0.25, 0.3) is 0 Å². The Hall–Kier alpha value is -2.88. The predicted molar refractivity (Wildman–Crippen MR) is 118 cm³/mol. The Bertz CT molecular complexity index is 909. The van der Waals surface area contributed by atoms with Crippen LogP contribution >= 0.6 is 0 Å². The molecule has 1 amide bonds. The third-order valence-corrected chi connectivity index (χ3v) is 6.60. The van der Waals surface area contributed by atoms with E-state index in [2.05, 4.69) is 23.1 Å². The number of methoxy groups -OCH3 is 1. The molecule has 2 fully saturated rings. The minimum atomic E-state index is -0.508. The van der Waals surface area contributed by atoms with Crippen molar-refractivity contribution in [3.63, 3.8) is 0 Å². The second kappa shape index (κ2) is 9.51. The zero-order valence-corrected chi connectivity index (χ0v) is 18.0. The van der Waals surface area contributed by atoms with Gasteiger partial charge in [-0.15, -0.1) is 0 Å². The lowest BCUT2D eigenvalue weighted by atomic mass is 9.73. The van der Waals surface area contributed by atoms with Gasteiger partial charge in [-0.25, -0.2) is 0 Å². The number of benzene rings is 2. The van der Waals surface area contributed by atoms with Crippen LogP contribution in [-0.2, 0) is 14.9 Å². The van der Waals surface area contributed by atoms with Gasteiger partial charge in [0, 0.05) is 39.4 Å². The third kappa shape index (κ3) is 4.30. The molecule has 6 nitrogen and oxygen atoms in total. The van der Waals surface area contributed by atoms with Gasteiger partial charge in [-0.05, 0) is 36.1 Å². The number of nitrogens with zero attached hydrogens (tertiary/aromatic N) is 3. The number of hydrogen-bond acceptors (Lipinski definition) is 5. The average molecular weight is 420 g/mol. The maximum atomic E-state index is 13.7. The number of carbonyl (C=O) groups is 1. The molecule has 0 aromatic heterocycles. The van der Waals surface area contributed by atoms with Crippen molar-refractivity contribution in [2.75, 3.05) is 46.5 Å². The van der Waals surface area contributed by atoms with E-state index in [1.165, 1.54) is 0 Å². The van der Waals surface area contributed by atoms with E-state index in [0.717, 1.165) is 16.9 Å². The average Bonchev–Trinajstić information content (AvgIpc) is 2.86. The molecule has 6 heteroatoms. The molecule has 0 saturated carbocycles. The molecule has 2 saturated heterocycles. The molecule has 162 valence electrons. The highest BCUT2D eigenvalue weighted by molar-refractivity contribution is 5.88. The first-order valence-electron chi connectivity index (χ1n) is 10.9. The predicted octanol–water partition coefficient (Wildman–Crippen LogP) is 3.15. The molecule has 2 aliphatic rings. The summed E-state index contributed by atoms with van der Waals surface area (Å²) in [4.78, 5) is 17.9. The van der Waals surface area contributed by atoms with Crippen LogP contribution in [0.5, 0.6) is 5.75 Å². The van der Waals surface area contributed by atoms with Crippen molar-refractivity contribution >= 4 is 5.91 Å². The number of piperazine rings is 1. The SMILES string of the molecule is COc1ccc(C(C#N)N2CCN(C(=O)C3(c4ccccc4)CCOCC3)CC2)cc1. The van der Waals surface area contributed by atoms with E-state index in [9.17, 15) is 10.1 Å². The van der Waals surface area contributed by atoms with Gasteiger partial charge in [-0.3, -0.25) is 9.69 Å². The number of hydrogen-bond donors (Lipinski definition) is 0. The Morgan fingerprint density at radius 2 is 1.68 bits per heavy atom. The van der Waals surface area contributed by atoms with Crippen LogP contribution in [0, 0.1) is 11.3 Å². The molecule has 0 aliphatic carbocycles. The number of amides is 1. The van der Waals surface area contributed by atoms with Crippen molar-refractivity contribution in [2.24, 2.45) is 0 Å². The van der Waals surface area contributed by atoms with Crippen LogP contribution < -0.4 is 4.74 Å². The number of rotatable bonds is 5. The Kier molecular flexibility index (Phi) is 6.55. The van der Waals surface area contributed by atoms with Gasteiger partial charge in [-0.1, -0.05) is 42.5 Å². The van der Waals surface area contributed by atoms with Crippen LogP contribution in [0.2, 0.25) is 0 Å². The Labute approximate surface area is 184 Å². The van der Waals surface area contributed by atoms with Crippen molar-refractivity contribution in [3.05, 3.63) is 65.7 Å². The molecule has 0 N–H and O–H groups in total. The quantitative estimate of drug-likeness (QED) is 0.745. The first-order valence-corrected chi connectivity index (χ1v) is 10.9. The molecule has 0 bridgehead atoms. The summed E-state index contributed by atoms with van der Waals surface area (Å²) in [5.41, 5.74) is 1.53. The van der Waals surface area contributed by atoms with Gasteiger partial charge >= 0.3 is 0 Å². The molecule has 0 spiro atoms. The van der Waals surface area contributed by atoms with E-state index in [-0.39, 0.29) is 11.9 Å². The summed E-state index contributed by atoms with van der Waals surface area (Å²) < 4.78 is 10.8. The Balaban J connectivity index is 1.47. The van der Waals surface area contributed by atoms with Crippen molar-refractivity contribution < 1.29 is 14.3 Å². The summed E-state index contributed by atoms with van der Waals surface area (Å²) in [5.74, 6) is 0.970. The van der Waals surface area contributed by atoms with Crippen LogP contribution in [0.4, 0.5) is 0 Å². The van der Waals surface area contributed by atoms with Gasteiger partial charge in [0.05, 0.1) is 18.6 Å². The number of nitriles is 1. The van der Waals surface area contributed by atoms with Gasteiger partial charge in [0.2, 0.25) is 5.91 Å². The highest BCUT2D eigenvalue weighted by atomic mass is 16.5. The Morgan fingerprint density at radius 3 is 2.26 bits per heavy atom. The maximum absolute atomic E-state index is 13.7. The number of carbonyl (C=O) groups excluding carboxylic acids is 1. The maximum Gasteiger partial charge on any atom is 0.233 e. The fourth-order valence-electron chi connectivity index (χ4n) is 4.74. The van der Waals surface area contributed by atoms with E-state index in [1.807, 2.05) is 47.4 Å². The molecular weight excluding hydrogens is 390 g/mol. The highest BCUT2D eigenvalue weighted by Gasteiger charge is 2.44. The summed E-state index contributed by atoms with van der Waals surface area (Å²) >= 11 is 0. The van der Waals surface area contributed by atoms with Gasteiger partial charge in [-0.2, -0.15) is 5.26 Å². The minimum absolute atomic E-state index is 0.194. The zero-order chi connectivity index (χ0) is 21.7. The zero-order valence-electron chi connectivity index (χ0n) is 18.0. The monoisotopic (exact) mass is 419 g/mol. The normalized spacial score (nSPS) is 19.9. The molecule has 1 unspecified atom stereocenters. The first kappa shape index (κ1) is 21.4. The highest BCUT2D eigenvalue weighted by Crippen LogP contribution is 2.37. The summed E-state index contributed by atoms with van der Waals surface area (Å²) in [5, 5.41) is 9.81. The molecule has 2 aromatic rings. The molecule has 31 heavy (non-hydrogen) atoms. The lowest BCUT2D eigenvalue weighted by molar-refractivity contribution is -0.143. The van der Waals surface area contributed by atoms with Crippen molar-refractivity contribution in [1.29, 1.82) is 5.26 Å². The summed E-state index contributed by atoms with van der Waals surface area (Å²) in [6.45, 7) is 3.82. The number of ether oxygens (including phenoxy) is 2. The van der Waals surface area contributed by atoms with Gasteiger partial charge in [0.1, 0.15) is 11.8 Å². The largest absolute Gasteiger partial charge is 0.497 e. The van der Waals surface area contributed by atoms with Gasteiger partial charge in [0.15, 0.2) is 0 Å². The van der Waals surface area contributed by atoms with E-state index in [1.54, 1.807) is 7.11 Å². The molecule has 2 aliphatic heterocycles. The van der Waals surface area contributed by atoms with Gasteiger partial charge < -0.3 is 14.4 Å².